The second-order valence-corrected chi connectivity index (χ2v) is 12.0. The van der Waals surface area contributed by atoms with Crippen molar-refractivity contribution in [1.29, 1.82) is 0 Å². The molecule has 0 spiro atoms. The van der Waals surface area contributed by atoms with Crippen LogP contribution in [0.2, 0.25) is 0 Å². The Labute approximate surface area is 233 Å². The number of halogens is 2. The fourth-order valence-electron chi connectivity index (χ4n) is 4.94. The number of likely N-dealkylation sites (N-methyl/N-ethyl adjacent to an activating group) is 1. The van der Waals surface area contributed by atoms with E-state index in [0.717, 1.165) is 30.9 Å². The van der Waals surface area contributed by atoms with Gasteiger partial charge in [0.2, 0.25) is 10.0 Å². The van der Waals surface area contributed by atoms with E-state index in [1.807, 2.05) is 11.8 Å². The van der Waals surface area contributed by atoms with Crippen molar-refractivity contribution in [3.05, 3.63) is 46.3 Å². The van der Waals surface area contributed by atoms with Crippen molar-refractivity contribution in [2.24, 2.45) is 0 Å². The molecular formula is C26H33Cl2N5O4S. The number of aromatic amines is 1. The Morgan fingerprint density at radius 3 is 2.37 bits per heavy atom. The molecule has 12 heteroatoms. The lowest BCUT2D eigenvalue weighted by Crippen LogP contribution is -2.35. The van der Waals surface area contributed by atoms with Crippen LogP contribution in [0.4, 0.5) is 5.69 Å². The van der Waals surface area contributed by atoms with Gasteiger partial charge in [-0.05, 0) is 49.9 Å². The first-order valence-corrected chi connectivity index (χ1v) is 15.2. The second-order valence-electron chi connectivity index (χ2n) is 9.27. The summed E-state index contributed by atoms with van der Waals surface area (Å²) in [5.74, 6) is -0.0911. The fraction of sp³-hybridized carbons (Fsp3) is 0.462. The summed E-state index contributed by atoms with van der Waals surface area (Å²) >= 11 is 11.6. The van der Waals surface area contributed by atoms with E-state index >= 15 is 0 Å². The highest BCUT2D eigenvalue weighted by Crippen LogP contribution is 2.37. The van der Waals surface area contributed by atoms with Gasteiger partial charge in [0.25, 0.3) is 11.8 Å². The van der Waals surface area contributed by atoms with Gasteiger partial charge < -0.3 is 20.1 Å². The quantitative estimate of drug-likeness (QED) is 0.294. The standard InChI is InChI=1S/C26H33Cl2N5O4S/c1-4-31(5-2)12-13-32-16-23-24(26(32)35)17(3)22(29-23)15-20-19-14-18(6-7-21(19)30-25(20)34)38(36,37)33(10-8-27)11-9-28/h6-7,14-15,29H,4-5,8-13,16H2,1-3H3,(H,30,34)/b20-15+. The fourth-order valence-corrected chi connectivity index (χ4v) is 7.02. The molecule has 1 aromatic carbocycles. The molecule has 2 amide bonds. The normalized spacial score (nSPS) is 16.2. The summed E-state index contributed by atoms with van der Waals surface area (Å²) in [6.45, 7) is 10.1. The van der Waals surface area contributed by atoms with E-state index in [1.165, 1.54) is 16.4 Å². The predicted octanol–water partition coefficient (Wildman–Crippen LogP) is 3.58. The van der Waals surface area contributed by atoms with Crippen LogP contribution in [0, 0.1) is 6.92 Å². The van der Waals surface area contributed by atoms with Crippen LogP contribution in [0.3, 0.4) is 0 Å². The number of aromatic nitrogens is 1. The molecule has 0 saturated carbocycles. The minimum atomic E-state index is -3.86. The predicted molar refractivity (Wildman–Crippen MR) is 151 cm³/mol. The molecule has 0 bridgehead atoms. The minimum Gasteiger partial charge on any atom is -0.357 e. The van der Waals surface area contributed by atoms with Crippen molar-refractivity contribution in [3.63, 3.8) is 0 Å². The maximum atomic E-state index is 13.2. The van der Waals surface area contributed by atoms with Gasteiger partial charge in [-0.3, -0.25) is 9.59 Å². The van der Waals surface area contributed by atoms with Gasteiger partial charge >= 0.3 is 0 Å². The number of carbonyl (C=O) groups excluding carboxylic acids is 2. The molecule has 0 fully saturated rings. The molecule has 1 aromatic heterocycles. The third-order valence-corrected chi connectivity index (χ3v) is 9.40. The molecule has 2 aromatic rings. The van der Waals surface area contributed by atoms with Crippen molar-refractivity contribution in [2.45, 2.75) is 32.2 Å². The SMILES string of the molecule is CCN(CC)CCN1Cc2[nH]c(/C=C3/C(=O)Nc4ccc(S(=O)(=O)N(CCCl)CCCl)cc43)c(C)c2C1=O. The Morgan fingerprint density at radius 1 is 1.08 bits per heavy atom. The highest BCUT2D eigenvalue weighted by molar-refractivity contribution is 7.89. The van der Waals surface area contributed by atoms with Crippen LogP contribution in [-0.2, 0) is 21.4 Å². The largest absolute Gasteiger partial charge is 0.357 e. The first-order valence-electron chi connectivity index (χ1n) is 12.7. The van der Waals surface area contributed by atoms with E-state index in [-0.39, 0.29) is 41.6 Å². The zero-order valence-corrected chi connectivity index (χ0v) is 24.1. The van der Waals surface area contributed by atoms with Crippen LogP contribution < -0.4 is 5.32 Å². The number of nitrogens with zero attached hydrogens (tertiary/aromatic N) is 3. The Bertz CT molecular complexity index is 1360. The number of fused-ring (bicyclic) bond motifs is 2. The lowest BCUT2D eigenvalue weighted by atomic mass is 10.0. The number of hydrogen-bond acceptors (Lipinski definition) is 5. The van der Waals surface area contributed by atoms with Crippen LogP contribution in [0.1, 0.15) is 46.7 Å². The molecule has 0 saturated heterocycles. The Hall–Kier alpha value is -2.37. The highest BCUT2D eigenvalue weighted by atomic mass is 35.5. The molecule has 0 aliphatic carbocycles. The molecule has 0 radical (unpaired) electrons. The van der Waals surface area contributed by atoms with Crippen molar-refractivity contribution in [1.82, 2.24) is 19.1 Å². The molecule has 3 heterocycles. The first kappa shape index (κ1) is 28.6. The molecule has 2 aliphatic rings. The number of nitrogens with one attached hydrogen (secondary N) is 2. The zero-order chi connectivity index (χ0) is 27.6. The lowest BCUT2D eigenvalue weighted by molar-refractivity contribution is -0.110. The average Bonchev–Trinajstić information content (AvgIpc) is 3.49. The van der Waals surface area contributed by atoms with Crippen LogP contribution in [-0.4, -0.2) is 90.3 Å². The third kappa shape index (κ3) is 5.37. The second kappa shape index (κ2) is 11.8. The maximum Gasteiger partial charge on any atom is 0.256 e. The molecule has 38 heavy (non-hydrogen) atoms. The summed E-state index contributed by atoms with van der Waals surface area (Å²) in [5, 5.41) is 2.80. The van der Waals surface area contributed by atoms with Crippen molar-refractivity contribution in [3.8, 4) is 0 Å². The number of H-pyrrole nitrogens is 1. The number of benzene rings is 1. The molecule has 4 rings (SSSR count). The highest BCUT2D eigenvalue weighted by Gasteiger charge is 2.33. The van der Waals surface area contributed by atoms with Gasteiger partial charge in [0.15, 0.2) is 0 Å². The number of amides is 2. The van der Waals surface area contributed by atoms with Gasteiger partial charge in [-0.1, -0.05) is 13.8 Å². The number of anilines is 1. The summed E-state index contributed by atoms with van der Waals surface area (Å²) in [7, 11) is -3.86. The van der Waals surface area contributed by atoms with E-state index < -0.39 is 10.0 Å². The van der Waals surface area contributed by atoms with Gasteiger partial charge in [-0.2, -0.15) is 4.31 Å². The van der Waals surface area contributed by atoms with E-state index in [0.29, 0.717) is 41.2 Å². The van der Waals surface area contributed by atoms with Gasteiger partial charge in [0, 0.05) is 60.6 Å². The summed E-state index contributed by atoms with van der Waals surface area (Å²) in [6, 6.07) is 4.54. The van der Waals surface area contributed by atoms with E-state index in [9.17, 15) is 18.0 Å². The minimum absolute atomic E-state index is 0.0196. The maximum absolute atomic E-state index is 13.2. The average molecular weight is 583 g/mol. The summed E-state index contributed by atoms with van der Waals surface area (Å²) in [6.07, 6.45) is 1.69. The molecular weight excluding hydrogens is 549 g/mol. The molecule has 9 nitrogen and oxygen atoms in total. The lowest BCUT2D eigenvalue weighted by Gasteiger charge is -2.22. The smallest absolute Gasteiger partial charge is 0.256 e. The van der Waals surface area contributed by atoms with E-state index in [2.05, 4.69) is 29.0 Å². The molecule has 2 aliphatic heterocycles. The van der Waals surface area contributed by atoms with Crippen LogP contribution in [0.5, 0.6) is 0 Å². The zero-order valence-electron chi connectivity index (χ0n) is 21.8. The molecule has 2 N–H and O–H groups in total. The van der Waals surface area contributed by atoms with Crippen molar-refractivity contribution in [2.75, 3.05) is 56.3 Å². The summed E-state index contributed by atoms with van der Waals surface area (Å²) < 4.78 is 27.7. The molecule has 0 atom stereocenters. The molecule has 0 unspecified atom stereocenters. The summed E-state index contributed by atoms with van der Waals surface area (Å²) in [5.41, 5.74) is 4.22. The monoisotopic (exact) mass is 581 g/mol. The number of hydrogen-bond donors (Lipinski definition) is 2. The van der Waals surface area contributed by atoms with Crippen molar-refractivity contribution < 1.29 is 18.0 Å². The number of rotatable bonds is 12. The topological polar surface area (TPSA) is 106 Å². The number of sulfonamides is 1. The van der Waals surface area contributed by atoms with E-state index in [4.69, 9.17) is 23.2 Å². The first-order chi connectivity index (χ1) is 18.2. The number of carbonyl (C=O) groups is 2. The van der Waals surface area contributed by atoms with E-state index in [1.54, 1.807) is 12.1 Å². The van der Waals surface area contributed by atoms with Crippen LogP contribution in [0.15, 0.2) is 23.1 Å². The summed E-state index contributed by atoms with van der Waals surface area (Å²) in [4.78, 5) is 33.5. The van der Waals surface area contributed by atoms with Crippen molar-refractivity contribution >= 4 is 62.4 Å². The molecule has 206 valence electrons. The van der Waals surface area contributed by atoms with Gasteiger partial charge in [0.05, 0.1) is 22.6 Å². The Balaban J connectivity index is 1.63. The Kier molecular flexibility index (Phi) is 8.89. The van der Waals surface area contributed by atoms with Crippen LogP contribution in [0.25, 0.3) is 11.6 Å². The van der Waals surface area contributed by atoms with Gasteiger partial charge in [-0.15, -0.1) is 23.2 Å². The van der Waals surface area contributed by atoms with Gasteiger partial charge in [0.1, 0.15) is 0 Å². The Morgan fingerprint density at radius 2 is 1.76 bits per heavy atom. The third-order valence-electron chi connectivity index (χ3n) is 7.17. The van der Waals surface area contributed by atoms with Gasteiger partial charge in [-0.25, -0.2) is 8.42 Å². The van der Waals surface area contributed by atoms with Crippen LogP contribution >= 0.6 is 23.2 Å². The number of alkyl halides is 2.